The summed E-state index contributed by atoms with van der Waals surface area (Å²) in [7, 11) is 0. The number of benzene rings is 3. The van der Waals surface area contributed by atoms with Crippen LogP contribution in [0.15, 0.2) is 91.5 Å². The number of carbonyl (C=O) groups excluding carboxylic acids is 1. The van der Waals surface area contributed by atoms with E-state index in [4.69, 9.17) is 4.98 Å². The highest BCUT2D eigenvalue weighted by molar-refractivity contribution is 5.94. The minimum atomic E-state index is -0.285. The summed E-state index contributed by atoms with van der Waals surface area (Å²) in [6.45, 7) is 0.609. The number of fused-ring (bicyclic) bond motifs is 1. The summed E-state index contributed by atoms with van der Waals surface area (Å²) in [6, 6.07) is 25.2. The first-order valence-corrected chi connectivity index (χ1v) is 10.5. The van der Waals surface area contributed by atoms with Crippen LogP contribution >= 0.6 is 0 Å². The van der Waals surface area contributed by atoms with E-state index in [0.29, 0.717) is 18.5 Å². The SMILES string of the molecule is O=C(N[C@H](Cc1ccccc1)c1nc2ccccc2[nH]1)c1ccc(Cn2cncn2)cc1. The maximum atomic E-state index is 13.1. The number of amides is 1. The van der Waals surface area contributed by atoms with Gasteiger partial charge >= 0.3 is 0 Å². The van der Waals surface area contributed by atoms with E-state index in [-0.39, 0.29) is 11.9 Å². The number of aromatic amines is 1. The molecule has 1 atom stereocenters. The van der Waals surface area contributed by atoms with Crippen LogP contribution in [0.5, 0.6) is 0 Å². The summed E-state index contributed by atoms with van der Waals surface area (Å²) in [5.74, 6) is 0.602. The molecule has 7 nitrogen and oxygen atoms in total. The summed E-state index contributed by atoms with van der Waals surface area (Å²) in [4.78, 5) is 25.1. The lowest BCUT2D eigenvalue weighted by Crippen LogP contribution is -2.30. The Morgan fingerprint density at radius 1 is 0.938 bits per heavy atom. The minimum absolute atomic E-state index is 0.140. The third-order valence-electron chi connectivity index (χ3n) is 5.35. The lowest BCUT2D eigenvalue weighted by Gasteiger charge is -2.17. The minimum Gasteiger partial charge on any atom is -0.342 e. The second-order valence-corrected chi connectivity index (χ2v) is 7.64. The van der Waals surface area contributed by atoms with Gasteiger partial charge in [0.15, 0.2) is 0 Å². The van der Waals surface area contributed by atoms with Gasteiger partial charge in [-0.2, -0.15) is 5.10 Å². The highest BCUT2D eigenvalue weighted by atomic mass is 16.1. The predicted molar refractivity (Wildman–Crippen MR) is 122 cm³/mol. The number of nitrogens with one attached hydrogen (secondary N) is 2. The van der Waals surface area contributed by atoms with Gasteiger partial charge in [0.2, 0.25) is 0 Å². The molecule has 2 heterocycles. The Labute approximate surface area is 185 Å². The Hall–Kier alpha value is -4.26. The van der Waals surface area contributed by atoms with Gasteiger partial charge in [-0.25, -0.2) is 14.6 Å². The van der Waals surface area contributed by atoms with E-state index >= 15 is 0 Å². The molecule has 2 aromatic heterocycles. The van der Waals surface area contributed by atoms with Gasteiger partial charge in [0.05, 0.1) is 23.6 Å². The third kappa shape index (κ3) is 4.41. The maximum Gasteiger partial charge on any atom is 0.251 e. The molecule has 0 bridgehead atoms. The molecule has 0 unspecified atom stereocenters. The lowest BCUT2D eigenvalue weighted by atomic mass is 10.0. The maximum absolute atomic E-state index is 13.1. The van der Waals surface area contributed by atoms with Crippen LogP contribution in [0, 0.1) is 0 Å². The van der Waals surface area contributed by atoms with Crippen LogP contribution in [0.2, 0.25) is 0 Å². The lowest BCUT2D eigenvalue weighted by molar-refractivity contribution is 0.0935. The molecule has 1 amide bonds. The summed E-state index contributed by atoms with van der Waals surface area (Å²) in [5, 5.41) is 7.28. The zero-order valence-electron chi connectivity index (χ0n) is 17.3. The smallest absolute Gasteiger partial charge is 0.251 e. The van der Waals surface area contributed by atoms with Crippen molar-refractivity contribution in [2.45, 2.75) is 19.0 Å². The molecule has 0 saturated carbocycles. The Kier molecular flexibility index (Phi) is 5.45. The molecule has 0 saturated heterocycles. The largest absolute Gasteiger partial charge is 0.342 e. The van der Waals surface area contributed by atoms with Crippen molar-refractivity contribution in [1.82, 2.24) is 30.0 Å². The van der Waals surface area contributed by atoms with E-state index < -0.39 is 0 Å². The van der Waals surface area contributed by atoms with Gasteiger partial charge in [-0.1, -0.05) is 54.6 Å². The molecule has 7 heteroatoms. The van der Waals surface area contributed by atoms with E-state index in [2.05, 4.69) is 32.5 Å². The summed E-state index contributed by atoms with van der Waals surface area (Å²) in [5.41, 5.74) is 4.60. The number of imidazole rings is 1. The third-order valence-corrected chi connectivity index (χ3v) is 5.35. The van der Waals surface area contributed by atoms with Crippen molar-refractivity contribution >= 4 is 16.9 Å². The zero-order chi connectivity index (χ0) is 21.8. The van der Waals surface area contributed by atoms with Crippen molar-refractivity contribution in [2.75, 3.05) is 0 Å². The standard InChI is InChI=1S/C25H22N6O/c32-25(20-12-10-19(11-13-20)15-31-17-26-16-27-31)30-23(14-18-6-2-1-3-7-18)24-28-21-8-4-5-9-22(21)29-24/h1-13,16-17,23H,14-15H2,(H,28,29)(H,30,32)/t23-/m1/s1. The molecule has 2 N–H and O–H groups in total. The number of nitrogens with zero attached hydrogens (tertiary/aromatic N) is 4. The van der Waals surface area contributed by atoms with E-state index in [0.717, 1.165) is 28.0 Å². The molecule has 0 aliphatic rings. The van der Waals surface area contributed by atoms with Crippen LogP contribution in [0.4, 0.5) is 0 Å². The number of carbonyl (C=O) groups is 1. The van der Waals surface area contributed by atoms with Crippen LogP contribution in [-0.4, -0.2) is 30.6 Å². The summed E-state index contributed by atoms with van der Waals surface area (Å²) < 4.78 is 1.74. The Balaban J connectivity index is 1.37. The molecule has 0 spiro atoms. The number of rotatable bonds is 7. The van der Waals surface area contributed by atoms with Crippen LogP contribution < -0.4 is 5.32 Å². The molecule has 5 rings (SSSR count). The highest BCUT2D eigenvalue weighted by Crippen LogP contribution is 2.20. The van der Waals surface area contributed by atoms with Gasteiger partial charge < -0.3 is 10.3 Å². The van der Waals surface area contributed by atoms with Gasteiger partial charge in [0, 0.05) is 5.56 Å². The Morgan fingerprint density at radius 2 is 1.72 bits per heavy atom. The van der Waals surface area contributed by atoms with Crippen molar-refractivity contribution in [3.8, 4) is 0 Å². The second-order valence-electron chi connectivity index (χ2n) is 7.64. The van der Waals surface area contributed by atoms with Crippen LogP contribution in [0.1, 0.15) is 33.4 Å². The molecule has 0 aliphatic heterocycles. The topological polar surface area (TPSA) is 88.5 Å². The summed E-state index contributed by atoms with van der Waals surface area (Å²) in [6.07, 6.45) is 3.81. The van der Waals surface area contributed by atoms with E-state index in [9.17, 15) is 4.79 Å². The van der Waals surface area contributed by atoms with Crippen molar-refractivity contribution in [1.29, 1.82) is 0 Å². The number of para-hydroxylation sites is 2. The average molecular weight is 422 g/mol. The normalized spacial score (nSPS) is 12.0. The molecular weight excluding hydrogens is 400 g/mol. The van der Waals surface area contributed by atoms with Gasteiger partial charge in [0.1, 0.15) is 18.5 Å². The number of hydrogen-bond acceptors (Lipinski definition) is 4. The molecule has 0 aliphatic carbocycles. The Bertz CT molecular complexity index is 1280. The molecular formula is C25H22N6O. The van der Waals surface area contributed by atoms with Crippen molar-refractivity contribution in [3.63, 3.8) is 0 Å². The first-order chi connectivity index (χ1) is 15.7. The van der Waals surface area contributed by atoms with Crippen LogP contribution in [0.3, 0.4) is 0 Å². The first kappa shape index (κ1) is 19.7. The predicted octanol–water partition coefficient (Wildman–Crippen LogP) is 3.92. The quantitative estimate of drug-likeness (QED) is 0.416. The van der Waals surface area contributed by atoms with Crippen molar-refractivity contribution < 1.29 is 4.79 Å². The molecule has 5 aromatic rings. The second kappa shape index (κ2) is 8.85. The van der Waals surface area contributed by atoms with Gasteiger partial charge in [-0.05, 0) is 41.8 Å². The molecule has 158 valence electrons. The van der Waals surface area contributed by atoms with Crippen molar-refractivity contribution in [2.24, 2.45) is 0 Å². The molecule has 0 radical (unpaired) electrons. The number of hydrogen-bond donors (Lipinski definition) is 2. The fourth-order valence-electron chi connectivity index (χ4n) is 3.71. The molecule has 32 heavy (non-hydrogen) atoms. The van der Waals surface area contributed by atoms with Crippen molar-refractivity contribution in [3.05, 3.63) is 114 Å². The number of aromatic nitrogens is 5. The molecule has 3 aromatic carbocycles. The first-order valence-electron chi connectivity index (χ1n) is 10.5. The number of H-pyrrole nitrogens is 1. The monoisotopic (exact) mass is 422 g/mol. The zero-order valence-corrected chi connectivity index (χ0v) is 17.3. The van der Waals surface area contributed by atoms with Gasteiger partial charge in [-0.15, -0.1) is 0 Å². The fourth-order valence-corrected chi connectivity index (χ4v) is 3.71. The molecule has 0 fully saturated rings. The van der Waals surface area contributed by atoms with Gasteiger partial charge in [0.25, 0.3) is 5.91 Å². The average Bonchev–Trinajstić information content (AvgIpc) is 3.49. The van der Waals surface area contributed by atoms with E-state index in [1.807, 2.05) is 66.7 Å². The highest BCUT2D eigenvalue weighted by Gasteiger charge is 2.20. The van der Waals surface area contributed by atoms with Crippen LogP contribution in [0.25, 0.3) is 11.0 Å². The van der Waals surface area contributed by atoms with Gasteiger partial charge in [-0.3, -0.25) is 4.79 Å². The fraction of sp³-hybridized carbons (Fsp3) is 0.120. The summed E-state index contributed by atoms with van der Waals surface area (Å²) >= 11 is 0. The van der Waals surface area contributed by atoms with Crippen LogP contribution in [-0.2, 0) is 13.0 Å². The van der Waals surface area contributed by atoms with E-state index in [1.54, 1.807) is 11.0 Å². The van der Waals surface area contributed by atoms with E-state index in [1.165, 1.54) is 6.33 Å². The Morgan fingerprint density at radius 3 is 2.47 bits per heavy atom.